The van der Waals surface area contributed by atoms with Crippen molar-refractivity contribution in [2.75, 3.05) is 48.7 Å². The first-order chi connectivity index (χ1) is 32.8. The highest BCUT2D eigenvalue weighted by Crippen LogP contribution is 2.46. The smallest absolute Gasteiger partial charge is 0.349 e. The number of rotatable bonds is 17. The van der Waals surface area contributed by atoms with Crippen molar-refractivity contribution < 1.29 is 52.1 Å². The van der Waals surface area contributed by atoms with Crippen LogP contribution in [0.1, 0.15) is 89.9 Å². The van der Waals surface area contributed by atoms with Crippen LogP contribution in [0.3, 0.4) is 0 Å². The lowest BCUT2D eigenvalue weighted by atomic mass is 9.89. The van der Waals surface area contributed by atoms with Gasteiger partial charge in [-0.15, -0.1) is 11.3 Å². The molecule has 2 atom stereocenters. The number of nitrogens with zero attached hydrogens (tertiary/aromatic N) is 3. The van der Waals surface area contributed by atoms with Crippen LogP contribution >= 0.6 is 22.9 Å². The van der Waals surface area contributed by atoms with Gasteiger partial charge in [-0.05, 0) is 93.5 Å². The van der Waals surface area contributed by atoms with Crippen LogP contribution in [0.15, 0.2) is 66.7 Å². The average Bonchev–Trinajstić information content (AvgIpc) is 3.81. The van der Waals surface area contributed by atoms with Crippen LogP contribution < -0.4 is 26.0 Å². The second-order valence-electron chi connectivity index (χ2n) is 18.4. The Morgan fingerprint density at radius 2 is 1.64 bits per heavy atom. The number of likely N-dealkylation sites (tertiary alicyclic amines) is 1. The SMILES string of the molecule is CC1(C)C[C@@H](Nc2cccc(-c3sc(C(=O)O)c(OCC(=O)O)c3Cl)c2)CCN1S(=O)(=O)Cc1cccc(NC(=O)CCN2CCC(Nc3cccc4c3CN(C3CCC(=O)NC3=O)C4=O)CC2)c1. The molecule has 4 aliphatic rings. The standard InChI is InChI=1S/C48H54ClN7O11S2/c1-48(2)24-33(50-32-9-4-7-29(23-32)43-41(49)42(67-26-40(59)60)44(68-43)47(63)64)16-21-56(48)69(65,66)27-28-6-3-8-31(22-28)52-39(58)17-20-54-18-14-30(15-19-54)51-36-11-5-10-34-35(36)25-55(46(34)62)37-12-13-38(57)53-45(37)61/h3-11,22-23,30,33,37,50-51H,12-21,24-27H2,1-2H3,(H,52,58)(H,59,60)(H,63,64)(H,53,57,61)/t33-,37?/m0/s1. The monoisotopic (exact) mass is 1000 g/mol. The summed E-state index contributed by atoms with van der Waals surface area (Å²) in [5.41, 5.74) is 3.88. The van der Waals surface area contributed by atoms with Gasteiger partial charge in [-0.2, -0.15) is 4.31 Å². The van der Waals surface area contributed by atoms with Crippen LogP contribution in [-0.4, -0.2) is 125 Å². The van der Waals surface area contributed by atoms with Gasteiger partial charge < -0.3 is 40.7 Å². The summed E-state index contributed by atoms with van der Waals surface area (Å²) >= 11 is 7.40. The number of sulfonamides is 1. The highest BCUT2D eigenvalue weighted by molar-refractivity contribution is 7.88. The van der Waals surface area contributed by atoms with Crippen LogP contribution in [-0.2, 0) is 41.5 Å². The number of carboxylic acids is 2. The van der Waals surface area contributed by atoms with Crippen LogP contribution in [0.25, 0.3) is 10.4 Å². The number of hydrogen-bond acceptors (Lipinski definition) is 13. The maximum Gasteiger partial charge on any atom is 0.349 e. The summed E-state index contributed by atoms with van der Waals surface area (Å²) in [4.78, 5) is 77.6. The van der Waals surface area contributed by atoms with Gasteiger partial charge in [-0.3, -0.25) is 24.5 Å². The molecule has 0 saturated carbocycles. The lowest BCUT2D eigenvalue weighted by Crippen LogP contribution is -2.55. The number of hydrogen-bond donors (Lipinski definition) is 6. The van der Waals surface area contributed by atoms with Gasteiger partial charge in [0.15, 0.2) is 17.2 Å². The number of aromatic carboxylic acids is 1. The number of carbonyl (C=O) groups is 6. The molecule has 69 heavy (non-hydrogen) atoms. The molecular formula is C48H54ClN7O11S2. The Kier molecular flexibility index (Phi) is 14.7. The number of carbonyl (C=O) groups excluding carboxylic acids is 4. The largest absolute Gasteiger partial charge is 0.479 e. The van der Waals surface area contributed by atoms with Gasteiger partial charge in [0, 0.05) is 91.4 Å². The topological polar surface area (TPSA) is 244 Å². The first-order valence-electron chi connectivity index (χ1n) is 22.8. The Balaban J connectivity index is 0.797. The summed E-state index contributed by atoms with van der Waals surface area (Å²) in [6, 6.07) is 19.0. The molecule has 4 aliphatic heterocycles. The molecule has 0 aliphatic carbocycles. The molecule has 8 rings (SSSR count). The van der Waals surface area contributed by atoms with Gasteiger partial charge in [0.25, 0.3) is 5.91 Å². The zero-order chi connectivity index (χ0) is 49.2. The van der Waals surface area contributed by atoms with Gasteiger partial charge >= 0.3 is 11.9 Å². The number of aliphatic carboxylic acids is 1. The lowest BCUT2D eigenvalue weighted by Gasteiger charge is -2.45. The number of amides is 4. The number of imide groups is 1. The summed E-state index contributed by atoms with van der Waals surface area (Å²) in [5, 5.41) is 31.2. The molecular weight excluding hydrogens is 950 g/mol. The van der Waals surface area contributed by atoms with Crippen LogP contribution in [0.5, 0.6) is 5.75 Å². The Bertz CT molecular complexity index is 2790. The minimum Gasteiger partial charge on any atom is -0.479 e. The number of nitrogens with one attached hydrogen (secondary N) is 4. The van der Waals surface area contributed by atoms with Crippen LogP contribution in [0.2, 0.25) is 5.02 Å². The van der Waals surface area contributed by atoms with Gasteiger partial charge in [0.2, 0.25) is 27.7 Å². The van der Waals surface area contributed by atoms with E-state index in [-0.39, 0.29) is 70.6 Å². The van der Waals surface area contributed by atoms with E-state index in [1.165, 1.54) is 0 Å². The fourth-order valence-corrected chi connectivity index (χ4v) is 13.1. The molecule has 366 valence electrons. The van der Waals surface area contributed by atoms with Gasteiger partial charge in [-0.25, -0.2) is 18.0 Å². The van der Waals surface area contributed by atoms with Crippen molar-refractivity contribution in [1.29, 1.82) is 0 Å². The first kappa shape index (κ1) is 49.4. The molecule has 4 amide bonds. The summed E-state index contributed by atoms with van der Waals surface area (Å²) in [6.45, 7) is 5.67. The Labute approximate surface area is 408 Å². The Morgan fingerprint density at radius 3 is 2.36 bits per heavy atom. The number of piperidine rings is 3. The van der Waals surface area contributed by atoms with Crippen molar-refractivity contribution in [2.24, 2.45) is 0 Å². The van der Waals surface area contributed by atoms with Crippen LogP contribution in [0, 0.1) is 0 Å². The van der Waals surface area contributed by atoms with Crippen molar-refractivity contribution in [1.82, 2.24) is 19.4 Å². The first-order valence-corrected chi connectivity index (χ1v) is 25.6. The summed E-state index contributed by atoms with van der Waals surface area (Å²) in [6.07, 6.45) is 3.40. The molecule has 6 N–H and O–H groups in total. The predicted octanol–water partition coefficient (Wildman–Crippen LogP) is 6.08. The number of ether oxygens (including phenoxy) is 1. The van der Waals surface area contributed by atoms with Crippen molar-refractivity contribution in [3.63, 3.8) is 0 Å². The Morgan fingerprint density at radius 1 is 0.913 bits per heavy atom. The maximum atomic E-state index is 14.0. The van der Waals surface area contributed by atoms with E-state index in [1.807, 2.05) is 32.0 Å². The third kappa shape index (κ3) is 11.4. The molecule has 0 bridgehead atoms. The molecule has 21 heteroatoms. The van der Waals surface area contributed by atoms with E-state index in [9.17, 15) is 42.3 Å². The highest BCUT2D eigenvalue weighted by atomic mass is 35.5. The number of benzene rings is 3. The van der Waals surface area contributed by atoms with E-state index < -0.39 is 46.1 Å². The molecule has 4 aromatic rings. The summed E-state index contributed by atoms with van der Waals surface area (Å²) < 4.78 is 34.8. The number of halogens is 1. The Hall–Kier alpha value is -6.06. The molecule has 1 unspecified atom stereocenters. The molecule has 3 saturated heterocycles. The zero-order valence-corrected chi connectivity index (χ0v) is 40.5. The molecule has 0 spiro atoms. The van der Waals surface area contributed by atoms with E-state index in [0.29, 0.717) is 65.3 Å². The molecule has 18 nitrogen and oxygen atoms in total. The third-order valence-electron chi connectivity index (χ3n) is 13.0. The van der Waals surface area contributed by atoms with Crippen molar-refractivity contribution >= 4 is 85.6 Å². The number of anilines is 3. The van der Waals surface area contributed by atoms with Gasteiger partial charge in [0.05, 0.1) is 10.6 Å². The van der Waals surface area contributed by atoms with E-state index in [0.717, 1.165) is 48.5 Å². The van der Waals surface area contributed by atoms with Crippen molar-refractivity contribution in [3.8, 4) is 16.2 Å². The van der Waals surface area contributed by atoms with Gasteiger partial charge in [0.1, 0.15) is 11.1 Å². The number of fused-ring (bicyclic) bond motifs is 1. The summed E-state index contributed by atoms with van der Waals surface area (Å²) in [5.74, 6) is -4.18. The van der Waals surface area contributed by atoms with E-state index in [2.05, 4.69) is 26.2 Å². The molecule has 5 heterocycles. The number of carboxylic acid groups (broad SMARTS) is 2. The van der Waals surface area contributed by atoms with E-state index in [4.69, 9.17) is 21.4 Å². The molecule has 3 aromatic carbocycles. The fraction of sp³-hybridized carbons (Fsp3) is 0.417. The van der Waals surface area contributed by atoms with Crippen molar-refractivity contribution in [3.05, 3.63) is 93.3 Å². The number of thiophene rings is 1. The second kappa shape index (κ2) is 20.5. The molecule has 3 fully saturated rings. The molecule has 1 aromatic heterocycles. The highest BCUT2D eigenvalue weighted by Gasteiger charge is 2.42. The zero-order valence-electron chi connectivity index (χ0n) is 38.1. The summed E-state index contributed by atoms with van der Waals surface area (Å²) in [7, 11) is -3.79. The quantitative estimate of drug-likeness (QED) is 0.0657. The average molecular weight is 1000 g/mol. The second-order valence-corrected chi connectivity index (χ2v) is 21.7. The van der Waals surface area contributed by atoms with Crippen LogP contribution in [0.4, 0.5) is 17.1 Å². The van der Waals surface area contributed by atoms with Crippen molar-refractivity contribution in [2.45, 2.75) is 94.8 Å². The lowest BCUT2D eigenvalue weighted by molar-refractivity contribution is -0.139. The minimum absolute atomic E-state index is 0.0000483. The van der Waals surface area contributed by atoms with E-state index >= 15 is 0 Å². The van der Waals surface area contributed by atoms with Gasteiger partial charge in [-0.1, -0.05) is 41.9 Å². The van der Waals surface area contributed by atoms with E-state index in [1.54, 1.807) is 57.7 Å². The third-order valence-corrected chi connectivity index (χ3v) is 16.7. The molecule has 0 radical (unpaired) electrons. The normalized spacial score (nSPS) is 20.0. The maximum absolute atomic E-state index is 14.0. The predicted molar refractivity (Wildman–Crippen MR) is 260 cm³/mol. The minimum atomic E-state index is -3.79. The fourth-order valence-electron chi connectivity index (χ4n) is 9.74.